The molecule has 0 aromatic carbocycles. The van der Waals surface area contributed by atoms with Gasteiger partial charge in [-0.05, 0) is 24.7 Å². The van der Waals surface area contributed by atoms with Gasteiger partial charge in [-0.3, -0.25) is 0 Å². The van der Waals surface area contributed by atoms with Crippen molar-refractivity contribution in [3.63, 3.8) is 0 Å². The molecule has 0 spiro atoms. The molecule has 0 aliphatic rings. The van der Waals surface area contributed by atoms with Gasteiger partial charge in [-0.2, -0.15) is 0 Å². The van der Waals surface area contributed by atoms with Gasteiger partial charge in [0.2, 0.25) is 0 Å². The van der Waals surface area contributed by atoms with Crippen molar-refractivity contribution in [1.29, 1.82) is 0 Å². The molecule has 0 radical (unpaired) electrons. The van der Waals surface area contributed by atoms with Crippen molar-refractivity contribution in [2.75, 3.05) is 0 Å². The van der Waals surface area contributed by atoms with Gasteiger partial charge in [0.1, 0.15) is 0 Å². The molecule has 0 N–H and O–H groups in total. The van der Waals surface area contributed by atoms with Crippen LogP contribution in [0.1, 0.15) is 33.6 Å². The summed E-state index contributed by atoms with van der Waals surface area (Å²) < 4.78 is 0. The van der Waals surface area contributed by atoms with Gasteiger partial charge in [-0.1, -0.05) is 69.9 Å². The predicted octanol–water partition coefficient (Wildman–Crippen LogP) is 4.91. The molecular formula is C15H24. The fourth-order valence-electron chi connectivity index (χ4n) is 1.18. The number of rotatable bonds is 7. The molecule has 0 rings (SSSR count). The van der Waals surface area contributed by atoms with Gasteiger partial charge >= 0.3 is 0 Å². The average molecular weight is 204 g/mol. The molecule has 0 bridgehead atoms. The third-order valence-corrected chi connectivity index (χ3v) is 2.16. The largest absolute Gasteiger partial charge is 0.0988 e. The van der Waals surface area contributed by atoms with E-state index in [4.69, 9.17) is 0 Å². The van der Waals surface area contributed by atoms with Crippen molar-refractivity contribution in [1.82, 2.24) is 0 Å². The van der Waals surface area contributed by atoms with Gasteiger partial charge in [-0.15, -0.1) is 0 Å². The Labute approximate surface area is 95.1 Å². The Bertz CT molecular complexity index is 241. The van der Waals surface area contributed by atoms with Crippen LogP contribution in [0.2, 0.25) is 0 Å². The number of hydrogen-bond donors (Lipinski definition) is 0. The molecule has 0 heterocycles. The van der Waals surface area contributed by atoms with Gasteiger partial charge in [0.25, 0.3) is 0 Å². The Morgan fingerprint density at radius 3 is 2.33 bits per heavy atom. The molecule has 0 heteroatoms. The summed E-state index contributed by atoms with van der Waals surface area (Å²) >= 11 is 0. The zero-order chi connectivity index (χ0) is 11.7. The van der Waals surface area contributed by atoms with E-state index in [9.17, 15) is 0 Å². The lowest BCUT2D eigenvalue weighted by Gasteiger charge is -2.02. The summed E-state index contributed by atoms with van der Waals surface area (Å²) in [7, 11) is 0. The normalized spacial score (nSPS) is 13.9. The van der Waals surface area contributed by atoms with Crippen LogP contribution in [0.4, 0.5) is 0 Å². The minimum absolute atomic E-state index is 0.609. The van der Waals surface area contributed by atoms with E-state index >= 15 is 0 Å². The molecule has 0 aliphatic carbocycles. The van der Waals surface area contributed by atoms with Crippen molar-refractivity contribution in [3.05, 3.63) is 49.1 Å². The lowest BCUT2D eigenvalue weighted by atomic mass is 10.0. The highest BCUT2D eigenvalue weighted by molar-refractivity contribution is 5.15. The third-order valence-electron chi connectivity index (χ3n) is 2.16. The molecule has 0 amide bonds. The average Bonchev–Trinajstić information content (AvgIpc) is 2.17. The van der Waals surface area contributed by atoms with Crippen LogP contribution in [-0.2, 0) is 0 Å². The molecule has 0 aliphatic heterocycles. The standard InChI is InChI=1S/C15H24/c1-6-14(4)10-8-12-15(5)11-7-9-13(2)3/h6-9,12-13,15H,1,4,10-11H2,2-3,5H3/b9-7?,12-8+. The Morgan fingerprint density at radius 1 is 1.13 bits per heavy atom. The molecule has 0 aromatic rings. The first-order chi connectivity index (χ1) is 7.06. The summed E-state index contributed by atoms with van der Waals surface area (Å²) in [5.41, 5.74) is 1.08. The zero-order valence-electron chi connectivity index (χ0n) is 10.4. The molecular weight excluding hydrogens is 180 g/mol. The van der Waals surface area contributed by atoms with E-state index in [0.29, 0.717) is 11.8 Å². The fraction of sp³-hybridized carbons (Fsp3) is 0.467. The summed E-state index contributed by atoms with van der Waals surface area (Å²) in [6.07, 6.45) is 12.8. The van der Waals surface area contributed by atoms with E-state index in [1.54, 1.807) is 0 Å². The summed E-state index contributed by atoms with van der Waals surface area (Å²) in [6, 6.07) is 0. The summed E-state index contributed by atoms with van der Waals surface area (Å²) in [4.78, 5) is 0. The van der Waals surface area contributed by atoms with Crippen molar-refractivity contribution in [2.45, 2.75) is 33.6 Å². The highest BCUT2D eigenvalue weighted by Crippen LogP contribution is 2.08. The second-order valence-electron chi connectivity index (χ2n) is 4.38. The summed E-state index contributed by atoms with van der Waals surface area (Å²) in [5, 5.41) is 0. The minimum atomic E-state index is 0.609. The van der Waals surface area contributed by atoms with Gasteiger partial charge in [0, 0.05) is 0 Å². The number of allylic oxidation sites excluding steroid dienone is 6. The van der Waals surface area contributed by atoms with Gasteiger partial charge in [0.05, 0.1) is 0 Å². The monoisotopic (exact) mass is 204 g/mol. The second kappa shape index (κ2) is 8.28. The SMILES string of the molecule is C=CC(=C)C/C=C/C(C)CC=CC(C)C. The van der Waals surface area contributed by atoms with Crippen LogP contribution in [-0.4, -0.2) is 0 Å². The van der Waals surface area contributed by atoms with E-state index in [-0.39, 0.29) is 0 Å². The van der Waals surface area contributed by atoms with E-state index in [0.717, 1.165) is 18.4 Å². The molecule has 1 unspecified atom stereocenters. The maximum Gasteiger partial charge on any atom is -0.0103 e. The minimum Gasteiger partial charge on any atom is -0.0988 e. The molecule has 84 valence electrons. The molecule has 15 heavy (non-hydrogen) atoms. The predicted molar refractivity (Wildman–Crippen MR) is 70.9 cm³/mol. The van der Waals surface area contributed by atoms with Crippen molar-refractivity contribution in [3.8, 4) is 0 Å². The van der Waals surface area contributed by atoms with Crippen LogP contribution < -0.4 is 0 Å². The van der Waals surface area contributed by atoms with Crippen LogP contribution in [0, 0.1) is 11.8 Å². The smallest absolute Gasteiger partial charge is 0.0103 e. The highest BCUT2D eigenvalue weighted by atomic mass is 14.0. The van der Waals surface area contributed by atoms with Gasteiger partial charge in [0.15, 0.2) is 0 Å². The van der Waals surface area contributed by atoms with E-state index < -0.39 is 0 Å². The van der Waals surface area contributed by atoms with Crippen molar-refractivity contribution < 1.29 is 0 Å². The van der Waals surface area contributed by atoms with Crippen LogP contribution >= 0.6 is 0 Å². The molecule has 1 atom stereocenters. The first-order valence-electron chi connectivity index (χ1n) is 5.69. The molecule has 0 aromatic heterocycles. The van der Waals surface area contributed by atoms with Crippen molar-refractivity contribution in [2.24, 2.45) is 11.8 Å². The third kappa shape index (κ3) is 9.27. The topological polar surface area (TPSA) is 0 Å². The Balaban J connectivity index is 3.77. The van der Waals surface area contributed by atoms with Gasteiger partial charge < -0.3 is 0 Å². The molecule has 0 fully saturated rings. The van der Waals surface area contributed by atoms with Crippen LogP contribution in [0.25, 0.3) is 0 Å². The molecule has 0 saturated carbocycles. The first kappa shape index (κ1) is 14.0. The quantitative estimate of drug-likeness (QED) is 0.408. The summed E-state index contributed by atoms with van der Waals surface area (Å²) in [5.74, 6) is 1.26. The first-order valence-corrected chi connectivity index (χ1v) is 5.69. The van der Waals surface area contributed by atoms with Crippen LogP contribution in [0.5, 0.6) is 0 Å². The Kier molecular flexibility index (Phi) is 7.71. The van der Waals surface area contributed by atoms with Crippen LogP contribution in [0.15, 0.2) is 49.1 Å². The molecule has 0 saturated heterocycles. The fourth-order valence-corrected chi connectivity index (χ4v) is 1.18. The Morgan fingerprint density at radius 2 is 1.80 bits per heavy atom. The van der Waals surface area contributed by atoms with Crippen molar-refractivity contribution >= 4 is 0 Å². The van der Waals surface area contributed by atoms with Crippen LogP contribution in [0.3, 0.4) is 0 Å². The van der Waals surface area contributed by atoms with Gasteiger partial charge in [-0.25, -0.2) is 0 Å². The Hall–Kier alpha value is -1.04. The van der Waals surface area contributed by atoms with E-state index in [2.05, 4.69) is 58.2 Å². The lowest BCUT2D eigenvalue weighted by molar-refractivity contribution is 0.730. The lowest BCUT2D eigenvalue weighted by Crippen LogP contribution is -1.87. The zero-order valence-corrected chi connectivity index (χ0v) is 10.4. The maximum atomic E-state index is 3.87. The summed E-state index contributed by atoms with van der Waals surface area (Å²) in [6.45, 7) is 14.2. The van der Waals surface area contributed by atoms with E-state index in [1.165, 1.54) is 0 Å². The van der Waals surface area contributed by atoms with E-state index in [1.807, 2.05) is 6.08 Å². The second-order valence-corrected chi connectivity index (χ2v) is 4.38. The molecule has 0 nitrogen and oxygen atoms in total. The maximum absolute atomic E-state index is 3.87. The number of hydrogen-bond acceptors (Lipinski definition) is 0. The highest BCUT2D eigenvalue weighted by Gasteiger charge is 1.93.